The van der Waals surface area contributed by atoms with Gasteiger partial charge in [0.2, 0.25) is 0 Å². The average Bonchev–Trinajstić information content (AvgIpc) is 2.76. The molecular formula is C21H24FN5O. The van der Waals surface area contributed by atoms with Gasteiger partial charge in [0.05, 0.1) is 5.69 Å². The van der Waals surface area contributed by atoms with E-state index in [2.05, 4.69) is 38.0 Å². The van der Waals surface area contributed by atoms with Crippen molar-refractivity contribution in [1.29, 1.82) is 0 Å². The predicted molar refractivity (Wildman–Crippen MR) is 108 cm³/mol. The Morgan fingerprint density at radius 1 is 1.25 bits per heavy atom. The summed E-state index contributed by atoms with van der Waals surface area (Å²) in [6.45, 7) is 3.28. The van der Waals surface area contributed by atoms with Crippen LogP contribution in [0.3, 0.4) is 0 Å². The Kier molecular flexibility index (Phi) is 6.56. The Hall–Kier alpha value is -2.98. The topological polar surface area (TPSA) is 62.6 Å². The molecule has 4 heterocycles. The van der Waals surface area contributed by atoms with Gasteiger partial charge in [0.15, 0.2) is 0 Å². The van der Waals surface area contributed by atoms with Crippen molar-refractivity contribution < 1.29 is 9.13 Å². The molecule has 0 aliphatic carbocycles. The van der Waals surface area contributed by atoms with Gasteiger partial charge in [-0.15, -0.1) is 12.8 Å². The van der Waals surface area contributed by atoms with Gasteiger partial charge in [0.1, 0.15) is 24.1 Å². The van der Waals surface area contributed by atoms with Gasteiger partial charge in [-0.25, -0.2) is 19.4 Å². The third-order valence-electron chi connectivity index (χ3n) is 5.08. The number of aliphatic imine (C=N–C) groups is 1. The van der Waals surface area contributed by atoms with Gasteiger partial charge < -0.3 is 4.74 Å². The van der Waals surface area contributed by atoms with Gasteiger partial charge in [-0.3, -0.25) is 10.2 Å². The molecule has 1 atom stereocenters. The van der Waals surface area contributed by atoms with Crippen LogP contribution < -0.4 is 5.32 Å². The number of ether oxygens (including phenoxy) is 1. The van der Waals surface area contributed by atoms with E-state index in [4.69, 9.17) is 4.74 Å². The third kappa shape index (κ3) is 4.65. The van der Waals surface area contributed by atoms with Crippen molar-refractivity contribution in [3.05, 3.63) is 42.5 Å². The number of halogens is 1. The molecule has 28 heavy (non-hydrogen) atoms. The Balaban J connectivity index is 0.00000109. The summed E-state index contributed by atoms with van der Waals surface area (Å²) in [6, 6.07) is 8.55. The quantitative estimate of drug-likeness (QED) is 0.503. The van der Waals surface area contributed by atoms with Crippen molar-refractivity contribution in [3.63, 3.8) is 0 Å². The minimum Gasteiger partial charge on any atom is -0.460 e. The lowest BCUT2D eigenvalue weighted by Crippen LogP contribution is -2.52. The van der Waals surface area contributed by atoms with E-state index in [9.17, 15) is 4.39 Å². The Morgan fingerprint density at radius 2 is 2.04 bits per heavy atom. The normalized spacial score (nSPS) is 23.4. The molecule has 0 unspecified atom stereocenters. The molecule has 1 aromatic heterocycles. The maximum absolute atomic E-state index is 13.5. The van der Waals surface area contributed by atoms with E-state index in [1.807, 2.05) is 6.07 Å². The highest BCUT2D eigenvalue weighted by molar-refractivity contribution is 5.88. The van der Waals surface area contributed by atoms with E-state index in [-0.39, 0.29) is 11.9 Å². The molecule has 3 fully saturated rings. The zero-order valence-electron chi connectivity index (χ0n) is 15.9. The van der Waals surface area contributed by atoms with Gasteiger partial charge in [0, 0.05) is 25.2 Å². The van der Waals surface area contributed by atoms with E-state index in [0.29, 0.717) is 29.0 Å². The first kappa shape index (κ1) is 19.8. The highest BCUT2D eigenvalue weighted by Crippen LogP contribution is 2.29. The number of nitrogens with one attached hydrogen (secondary N) is 1. The molecule has 3 aliphatic heterocycles. The fourth-order valence-corrected chi connectivity index (χ4v) is 3.67. The molecule has 6 nitrogen and oxygen atoms in total. The first-order valence-electron chi connectivity index (χ1n) is 9.25. The van der Waals surface area contributed by atoms with Gasteiger partial charge in [-0.2, -0.15) is 0 Å². The van der Waals surface area contributed by atoms with Crippen LogP contribution in [0.5, 0.6) is 0 Å². The summed E-state index contributed by atoms with van der Waals surface area (Å²) in [5.74, 6) is 0.866. The lowest BCUT2D eigenvalue weighted by molar-refractivity contribution is -0.0146. The molecule has 7 heteroatoms. The van der Waals surface area contributed by atoms with Crippen LogP contribution in [0.25, 0.3) is 11.3 Å². The van der Waals surface area contributed by atoms with E-state index in [1.54, 1.807) is 19.2 Å². The van der Waals surface area contributed by atoms with Crippen LogP contribution >= 0.6 is 0 Å². The SMILES string of the molecule is C#C.CN=C(Nc1cc(-c2cccc(F)c2)ncn1)O[C@H]1CN2CCC1CC2. The summed E-state index contributed by atoms with van der Waals surface area (Å²) in [5.41, 5.74) is 1.34. The number of hydrogen-bond donors (Lipinski definition) is 1. The predicted octanol–water partition coefficient (Wildman–Crippen LogP) is 3.04. The van der Waals surface area contributed by atoms with Gasteiger partial charge in [-0.05, 0) is 44.0 Å². The molecule has 0 radical (unpaired) electrons. The Labute approximate surface area is 164 Å². The molecule has 3 saturated heterocycles. The molecule has 0 saturated carbocycles. The molecule has 5 rings (SSSR count). The van der Waals surface area contributed by atoms with E-state index >= 15 is 0 Å². The van der Waals surface area contributed by atoms with Crippen LogP contribution in [0.1, 0.15) is 12.8 Å². The van der Waals surface area contributed by atoms with Gasteiger partial charge in [-0.1, -0.05) is 12.1 Å². The smallest absolute Gasteiger partial charge is 0.290 e. The van der Waals surface area contributed by atoms with Crippen LogP contribution in [-0.4, -0.2) is 53.7 Å². The zero-order chi connectivity index (χ0) is 19.9. The number of hydrogen-bond acceptors (Lipinski definition) is 5. The number of benzene rings is 1. The molecule has 1 N–H and O–H groups in total. The number of aromatic nitrogens is 2. The monoisotopic (exact) mass is 381 g/mol. The zero-order valence-corrected chi connectivity index (χ0v) is 15.9. The fourth-order valence-electron chi connectivity index (χ4n) is 3.67. The molecule has 2 aromatic rings. The van der Waals surface area contributed by atoms with Crippen LogP contribution in [0.2, 0.25) is 0 Å². The molecule has 146 valence electrons. The summed E-state index contributed by atoms with van der Waals surface area (Å²) in [6.07, 6.45) is 12.0. The van der Waals surface area contributed by atoms with Crippen molar-refractivity contribution >= 4 is 11.8 Å². The van der Waals surface area contributed by atoms with Crippen LogP contribution in [0.4, 0.5) is 10.2 Å². The molecule has 2 bridgehead atoms. The first-order chi connectivity index (χ1) is 13.7. The minimum atomic E-state index is -0.294. The van der Waals surface area contributed by atoms with Gasteiger partial charge >= 0.3 is 0 Å². The number of anilines is 1. The van der Waals surface area contributed by atoms with Crippen LogP contribution in [0.15, 0.2) is 41.7 Å². The maximum Gasteiger partial charge on any atom is 0.290 e. The number of piperidine rings is 3. The molecule has 0 spiro atoms. The summed E-state index contributed by atoms with van der Waals surface area (Å²) < 4.78 is 19.6. The third-order valence-corrected chi connectivity index (χ3v) is 5.08. The standard InChI is InChI=1S/C19H22FN5O.C2H2/c1-21-19(26-17-11-25-7-5-13(17)6-8-25)24-18-10-16(22-12-23-18)14-3-2-4-15(20)9-14;1-2/h2-4,9-10,12-13,17H,5-8,11H2,1H3,(H,21,22,23,24);1-2H/t17-;/m0./s1. The summed E-state index contributed by atoms with van der Waals surface area (Å²) in [4.78, 5) is 15.1. The lowest BCUT2D eigenvalue weighted by Gasteiger charge is -2.44. The number of rotatable bonds is 3. The second-order valence-corrected chi connectivity index (χ2v) is 6.75. The number of amidine groups is 1. The number of nitrogens with zero attached hydrogens (tertiary/aromatic N) is 4. The maximum atomic E-state index is 13.5. The molecule has 1 aromatic carbocycles. The van der Waals surface area contributed by atoms with Gasteiger partial charge in [0.25, 0.3) is 6.02 Å². The largest absolute Gasteiger partial charge is 0.460 e. The van der Waals surface area contributed by atoms with E-state index in [1.165, 1.54) is 44.4 Å². The van der Waals surface area contributed by atoms with Crippen molar-refractivity contribution in [2.75, 3.05) is 32.0 Å². The van der Waals surface area contributed by atoms with Crippen molar-refractivity contribution in [3.8, 4) is 24.1 Å². The van der Waals surface area contributed by atoms with Crippen molar-refractivity contribution in [1.82, 2.24) is 14.9 Å². The minimum absolute atomic E-state index is 0.160. The second-order valence-electron chi connectivity index (χ2n) is 6.75. The molecular weight excluding hydrogens is 357 g/mol. The van der Waals surface area contributed by atoms with Crippen molar-refractivity contribution in [2.45, 2.75) is 18.9 Å². The lowest BCUT2D eigenvalue weighted by atomic mass is 9.86. The first-order valence-corrected chi connectivity index (χ1v) is 9.25. The van der Waals surface area contributed by atoms with Crippen molar-refractivity contribution in [2.24, 2.45) is 10.9 Å². The summed E-state index contributed by atoms with van der Waals surface area (Å²) in [7, 11) is 1.69. The van der Waals surface area contributed by atoms with Crippen LogP contribution in [0, 0.1) is 24.6 Å². The van der Waals surface area contributed by atoms with E-state index < -0.39 is 0 Å². The number of terminal acetylenes is 1. The highest BCUT2D eigenvalue weighted by atomic mass is 19.1. The Morgan fingerprint density at radius 3 is 2.68 bits per heavy atom. The molecule has 0 amide bonds. The average molecular weight is 381 g/mol. The van der Waals surface area contributed by atoms with Crippen LogP contribution in [-0.2, 0) is 4.74 Å². The Bertz CT molecular complexity index is 845. The number of fused-ring (bicyclic) bond motifs is 3. The second kappa shape index (κ2) is 9.29. The fraction of sp³-hybridized carbons (Fsp3) is 0.381. The summed E-state index contributed by atoms with van der Waals surface area (Å²) >= 11 is 0. The highest BCUT2D eigenvalue weighted by Gasteiger charge is 2.36. The van der Waals surface area contributed by atoms with E-state index in [0.717, 1.165) is 6.54 Å². The summed E-state index contributed by atoms with van der Waals surface area (Å²) in [5, 5.41) is 3.12. The molecule has 3 aliphatic rings.